The number of nitrogens with one attached hydrogen (secondary N) is 2. The first kappa shape index (κ1) is 21.7. The van der Waals surface area contributed by atoms with Crippen LogP contribution in [-0.4, -0.2) is 53.7 Å². The van der Waals surface area contributed by atoms with Crippen molar-refractivity contribution in [2.24, 2.45) is 5.92 Å². The molecule has 1 fully saturated rings. The maximum absolute atomic E-state index is 12.6. The van der Waals surface area contributed by atoms with Crippen LogP contribution in [0.3, 0.4) is 0 Å². The molecule has 0 aromatic heterocycles. The molecule has 0 unspecified atom stereocenters. The molecule has 1 saturated heterocycles. The van der Waals surface area contributed by atoms with Crippen molar-refractivity contribution in [2.45, 2.75) is 51.7 Å². The second-order valence-electron chi connectivity index (χ2n) is 7.02. The summed E-state index contributed by atoms with van der Waals surface area (Å²) in [7, 11) is 1.53. The minimum Gasteiger partial charge on any atom is -0.496 e. The van der Waals surface area contributed by atoms with E-state index in [1.165, 1.54) is 7.11 Å². The van der Waals surface area contributed by atoms with E-state index in [2.05, 4.69) is 10.6 Å². The first-order valence-corrected chi connectivity index (χ1v) is 9.55. The van der Waals surface area contributed by atoms with Crippen molar-refractivity contribution in [1.29, 1.82) is 0 Å². The van der Waals surface area contributed by atoms with Gasteiger partial charge in [-0.05, 0) is 18.4 Å². The van der Waals surface area contributed by atoms with Crippen LogP contribution in [0.4, 0.5) is 4.79 Å². The monoisotopic (exact) mass is 391 g/mol. The normalized spacial score (nSPS) is 18.6. The van der Waals surface area contributed by atoms with Gasteiger partial charge in [0.05, 0.1) is 26.3 Å². The van der Waals surface area contributed by atoms with Crippen molar-refractivity contribution in [3.63, 3.8) is 0 Å². The fourth-order valence-corrected chi connectivity index (χ4v) is 3.13. The van der Waals surface area contributed by atoms with Gasteiger partial charge >= 0.3 is 6.03 Å². The molecule has 0 spiro atoms. The molecule has 28 heavy (non-hydrogen) atoms. The fourth-order valence-electron chi connectivity index (χ4n) is 3.13. The number of methoxy groups -OCH3 is 1. The van der Waals surface area contributed by atoms with Gasteiger partial charge in [0.15, 0.2) is 0 Å². The molecule has 0 bridgehead atoms. The van der Waals surface area contributed by atoms with Crippen LogP contribution in [0, 0.1) is 5.92 Å². The molecule has 3 atom stereocenters. The zero-order chi connectivity index (χ0) is 20.7. The van der Waals surface area contributed by atoms with Gasteiger partial charge in [0.25, 0.3) is 5.91 Å². The lowest BCUT2D eigenvalue weighted by Crippen LogP contribution is -2.42. The lowest BCUT2D eigenvalue weighted by Gasteiger charge is -2.22. The summed E-state index contributed by atoms with van der Waals surface area (Å²) in [4.78, 5) is 38.1. The van der Waals surface area contributed by atoms with Crippen LogP contribution in [0.1, 0.15) is 38.7 Å². The number of carbonyl (C=O) groups is 3. The Balaban J connectivity index is 1.92. The molecule has 0 radical (unpaired) electrons. The molecule has 1 heterocycles. The molecule has 0 aliphatic carbocycles. The Kier molecular flexibility index (Phi) is 7.80. The number of para-hydroxylation sites is 1. The highest BCUT2D eigenvalue weighted by Gasteiger charge is 2.38. The number of hydrogen-bond donors (Lipinski definition) is 3. The van der Waals surface area contributed by atoms with Crippen molar-refractivity contribution >= 4 is 17.8 Å². The number of aliphatic hydroxyl groups is 1. The molecule has 8 nitrogen and oxygen atoms in total. The number of carbonyl (C=O) groups excluding carboxylic acids is 3. The SMILES string of the molecule is CC[C@H](C)[C@@H](CO)NC(=O)CC[C@@H]1NC(=O)N(Cc2ccccc2OC)C1=O. The van der Waals surface area contributed by atoms with E-state index >= 15 is 0 Å². The standard InChI is InChI=1S/C20H29N3O5/c1-4-13(2)16(12-24)21-18(25)10-9-15-19(26)23(20(27)22-15)11-14-7-5-6-8-17(14)28-3/h5-8,13,15-16,24H,4,9-12H2,1-3H3,(H,21,25)(H,22,27)/t13-,15-,16+/m0/s1. The zero-order valence-electron chi connectivity index (χ0n) is 16.6. The highest BCUT2D eigenvalue weighted by atomic mass is 16.5. The van der Waals surface area contributed by atoms with E-state index in [0.717, 1.165) is 16.9 Å². The van der Waals surface area contributed by atoms with Crippen molar-refractivity contribution in [1.82, 2.24) is 15.5 Å². The highest BCUT2D eigenvalue weighted by molar-refractivity contribution is 6.04. The van der Waals surface area contributed by atoms with Crippen LogP contribution in [0.15, 0.2) is 24.3 Å². The number of nitrogens with zero attached hydrogens (tertiary/aromatic N) is 1. The van der Waals surface area contributed by atoms with Crippen molar-refractivity contribution in [3.05, 3.63) is 29.8 Å². The number of amides is 4. The fraction of sp³-hybridized carbons (Fsp3) is 0.550. The number of ether oxygens (including phenoxy) is 1. The molecule has 8 heteroatoms. The number of aliphatic hydroxyl groups excluding tert-OH is 1. The van der Waals surface area contributed by atoms with E-state index in [1.807, 2.05) is 26.0 Å². The predicted molar refractivity (Wildman–Crippen MR) is 104 cm³/mol. The van der Waals surface area contributed by atoms with Gasteiger partial charge in [0.2, 0.25) is 5.91 Å². The first-order chi connectivity index (χ1) is 13.4. The van der Waals surface area contributed by atoms with Crippen molar-refractivity contribution in [3.8, 4) is 5.75 Å². The molecule has 1 aliphatic rings. The quantitative estimate of drug-likeness (QED) is 0.523. The first-order valence-electron chi connectivity index (χ1n) is 9.55. The van der Waals surface area contributed by atoms with Gasteiger partial charge in [-0.2, -0.15) is 0 Å². The summed E-state index contributed by atoms with van der Waals surface area (Å²) in [5, 5.41) is 14.8. The molecule has 1 aromatic carbocycles. The number of urea groups is 1. The maximum Gasteiger partial charge on any atom is 0.325 e. The Hall–Kier alpha value is -2.61. The molecule has 4 amide bonds. The summed E-state index contributed by atoms with van der Waals surface area (Å²) in [5.74, 6) is 0.151. The van der Waals surface area contributed by atoms with Crippen LogP contribution < -0.4 is 15.4 Å². The second-order valence-corrected chi connectivity index (χ2v) is 7.02. The maximum atomic E-state index is 12.6. The lowest BCUT2D eigenvalue weighted by atomic mass is 9.99. The van der Waals surface area contributed by atoms with Gasteiger partial charge in [-0.15, -0.1) is 0 Å². The van der Waals surface area contributed by atoms with E-state index in [-0.39, 0.29) is 49.8 Å². The Morgan fingerprint density at radius 1 is 1.36 bits per heavy atom. The van der Waals surface area contributed by atoms with E-state index in [0.29, 0.717) is 5.75 Å². The van der Waals surface area contributed by atoms with Gasteiger partial charge in [-0.25, -0.2) is 4.79 Å². The Morgan fingerprint density at radius 3 is 2.71 bits per heavy atom. The largest absolute Gasteiger partial charge is 0.496 e. The van der Waals surface area contributed by atoms with Crippen LogP contribution >= 0.6 is 0 Å². The number of benzene rings is 1. The topological polar surface area (TPSA) is 108 Å². The minimum atomic E-state index is -0.732. The third kappa shape index (κ3) is 5.22. The molecule has 1 aliphatic heterocycles. The van der Waals surface area contributed by atoms with Crippen LogP contribution in [-0.2, 0) is 16.1 Å². The van der Waals surface area contributed by atoms with Gasteiger partial charge in [0, 0.05) is 12.0 Å². The van der Waals surface area contributed by atoms with E-state index in [9.17, 15) is 19.5 Å². The average molecular weight is 391 g/mol. The van der Waals surface area contributed by atoms with Crippen LogP contribution in [0.2, 0.25) is 0 Å². The van der Waals surface area contributed by atoms with Gasteiger partial charge in [0.1, 0.15) is 11.8 Å². The summed E-state index contributed by atoms with van der Waals surface area (Å²) in [5.41, 5.74) is 0.728. The molecule has 1 aromatic rings. The Labute approximate surface area is 165 Å². The van der Waals surface area contributed by atoms with E-state index in [4.69, 9.17) is 4.74 Å². The summed E-state index contributed by atoms with van der Waals surface area (Å²) < 4.78 is 5.26. The molecule has 0 saturated carbocycles. The molecule has 154 valence electrons. The lowest BCUT2D eigenvalue weighted by molar-refractivity contribution is -0.128. The van der Waals surface area contributed by atoms with Crippen LogP contribution in [0.5, 0.6) is 5.75 Å². The summed E-state index contributed by atoms with van der Waals surface area (Å²) in [6, 6.07) is 5.67. The smallest absolute Gasteiger partial charge is 0.325 e. The molecule has 3 N–H and O–H groups in total. The zero-order valence-corrected chi connectivity index (χ0v) is 16.6. The molecular formula is C20H29N3O5. The van der Waals surface area contributed by atoms with E-state index < -0.39 is 12.1 Å². The Morgan fingerprint density at radius 2 is 2.07 bits per heavy atom. The van der Waals surface area contributed by atoms with E-state index in [1.54, 1.807) is 12.1 Å². The predicted octanol–water partition coefficient (Wildman–Crippen LogP) is 1.42. The highest BCUT2D eigenvalue weighted by Crippen LogP contribution is 2.22. The number of hydrogen-bond acceptors (Lipinski definition) is 5. The molecular weight excluding hydrogens is 362 g/mol. The Bertz CT molecular complexity index is 709. The molecule has 2 rings (SSSR count). The third-order valence-electron chi connectivity index (χ3n) is 5.16. The summed E-state index contributed by atoms with van der Waals surface area (Å²) in [6.45, 7) is 3.92. The van der Waals surface area contributed by atoms with Crippen molar-refractivity contribution < 1.29 is 24.2 Å². The van der Waals surface area contributed by atoms with Gasteiger partial charge in [-0.3, -0.25) is 14.5 Å². The van der Waals surface area contributed by atoms with Crippen molar-refractivity contribution in [2.75, 3.05) is 13.7 Å². The van der Waals surface area contributed by atoms with Gasteiger partial charge < -0.3 is 20.5 Å². The minimum absolute atomic E-state index is 0.0894. The second kappa shape index (κ2) is 10.1. The summed E-state index contributed by atoms with van der Waals surface area (Å²) >= 11 is 0. The number of rotatable bonds is 10. The number of imide groups is 1. The van der Waals surface area contributed by atoms with Crippen LogP contribution in [0.25, 0.3) is 0 Å². The van der Waals surface area contributed by atoms with Gasteiger partial charge in [-0.1, -0.05) is 38.5 Å². The average Bonchev–Trinajstić information content (AvgIpc) is 2.97. The third-order valence-corrected chi connectivity index (χ3v) is 5.16. The summed E-state index contributed by atoms with van der Waals surface area (Å²) in [6.07, 6.45) is 1.13.